The molecule has 0 radical (unpaired) electrons. The first-order valence-electron chi connectivity index (χ1n) is 6.92. The molecule has 0 spiro atoms. The van der Waals surface area contributed by atoms with Gasteiger partial charge in [0.1, 0.15) is 18.5 Å². The van der Waals surface area contributed by atoms with Crippen molar-refractivity contribution in [2.75, 3.05) is 46.4 Å². The lowest BCUT2D eigenvalue weighted by Gasteiger charge is -2.33. The molecule has 1 N–H and O–H groups in total. The van der Waals surface area contributed by atoms with Crippen LogP contribution in [0.4, 0.5) is 0 Å². The van der Waals surface area contributed by atoms with E-state index in [0.717, 1.165) is 31.9 Å². The lowest BCUT2D eigenvalue weighted by Crippen LogP contribution is -2.47. The number of aliphatic hydroxyl groups is 1. The summed E-state index contributed by atoms with van der Waals surface area (Å²) in [5.41, 5.74) is 1.17. The van der Waals surface area contributed by atoms with Crippen molar-refractivity contribution in [2.45, 2.75) is 13.0 Å². The fraction of sp³-hybridized carbons (Fsp3) is 0.600. The maximum Gasteiger partial charge on any atom is 0.119 e. The quantitative estimate of drug-likeness (QED) is 0.860. The number of hydrogen-bond donors (Lipinski definition) is 1. The van der Waals surface area contributed by atoms with Crippen LogP contribution < -0.4 is 4.74 Å². The minimum atomic E-state index is -0.427. The number of aliphatic hydroxyl groups excluding tert-OH is 1. The molecule has 2 rings (SSSR count). The van der Waals surface area contributed by atoms with Gasteiger partial charge in [0.25, 0.3) is 0 Å². The van der Waals surface area contributed by atoms with Crippen LogP contribution in [0.2, 0.25) is 0 Å². The molecule has 1 atom stereocenters. The summed E-state index contributed by atoms with van der Waals surface area (Å²) in [7, 11) is 2.13. The summed E-state index contributed by atoms with van der Waals surface area (Å²) in [5.74, 6) is 0.831. The van der Waals surface area contributed by atoms with Crippen molar-refractivity contribution < 1.29 is 9.84 Å². The highest BCUT2D eigenvalue weighted by Crippen LogP contribution is 2.12. The summed E-state index contributed by atoms with van der Waals surface area (Å²) in [6, 6.07) is 7.92. The molecule has 4 heteroatoms. The molecular formula is C15H24N2O2. The second kappa shape index (κ2) is 6.89. The Kier molecular flexibility index (Phi) is 5.19. The van der Waals surface area contributed by atoms with E-state index in [2.05, 4.69) is 16.8 Å². The summed E-state index contributed by atoms with van der Waals surface area (Å²) >= 11 is 0. The van der Waals surface area contributed by atoms with Crippen molar-refractivity contribution in [2.24, 2.45) is 0 Å². The summed E-state index contributed by atoms with van der Waals surface area (Å²) < 4.78 is 5.62. The third kappa shape index (κ3) is 4.82. The molecule has 4 nitrogen and oxygen atoms in total. The van der Waals surface area contributed by atoms with Crippen LogP contribution >= 0.6 is 0 Å². The van der Waals surface area contributed by atoms with Gasteiger partial charge in [-0.15, -0.1) is 0 Å². The highest BCUT2D eigenvalue weighted by Gasteiger charge is 2.17. The first-order chi connectivity index (χ1) is 9.13. The van der Waals surface area contributed by atoms with E-state index in [1.165, 1.54) is 5.56 Å². The van der Waals surface area contributed by atoms with Gasteiger partial charge < -0.3 is 14.7 Å². The minimum Gasteiger partial charge on any atom is -0.491 e. The normalized spacial score (nSPS) is 19.3. The Morgan fingerprint density at radius 2 is 2.00 bits per heavy atom. The predicted molar refractivity (Wildman–Crippen MR) is 76.6 cm³/mol. The van der Waals surface area contributed by atoms with E-state index in [0.29, 0.717) is 13.2 Å². The second-order valence-corrected chi connectivity index (χ2v) is 5.39. The number of β-amino-alcohol motifs (C(OH)–C–C–N with tert-alkyl or cyclic N) is 1. The van der Waals surface area contributed by atoms with Gasteiger partial charge in [0.2, 0.25) is 0 Å². The van der Waals surface area contributed by atoms with E-state index >= 15 is 0 Å². The van der Waals surface area contributed by atoms with E-state index in [1.54, 1.807) is 0 Å². The second-order valence-electron chi connectivity index (χ2n) is 5.39. The molecule has 1 aromatic carbocycles. The number of rotatable bonds is 5. The van der Waals surface area contributed by atoms with Gasteiger partial charge in [0.15, 0.2) is 0 Å². The number of ether oxygens (including phenoxy) is 1. The fourth-order valence-corrected chi connectivity index (χ4v) is 2.28. The zero-order valence-electron chi connectivity index (χ0n) is 11.9. The van der Waals surface area contributed by atoms with Gasteiger partial charge >= 0.3 is 0 Å². The van der Waals surface area contributed by atoms with Crippen LogP contribution in [0.1, 0.15) is 5.56 Å². The third-order valence-electron chi connectivity index (χ3n) is 3.50. The number of piperazine rings is 1. The summed E-state index contributed by atoms with van der Waals surface area (Å²) in [4.78, 5) is 4.61. The first kappa shape index (κ1) is 14.3. The highest BCUT2D eigenvalue weighted by atomic mass is 16.5. The van der Waals surface area contributed by atoms with Gasteiger partial charge in [-0.3, -0.25) is 4.90 Å². The highest BCUT2D eigenvalue weighted by molar-refractivity contribution is 5.27. The summed E-state index contributed by atoms with van der Waals surface area (Å²) in [6.45, 7) is 7.29. The topological polar surface area (TPSA) is 35.9 Å². The van der Waals surface area contributed by atoms with Crippen LogP contribution in [0.25, 0.3) is 0 Å². The Morgan fingerprint density at radius 1 is 1.26 bits per heavy atom. The van der Waals surface area contributed by atoms with Crippen LogP contribution in [0.15, 0.2) is 24.3 Å². The maximum atomic E-state index is 10.0. The Morgan fingerprint density at radius 3 is 2.68 bits per heavy atom. The molecule has 0 unspecified atom stereocenters. The van der Waals surface area contributed by atoms with E-state index in [-0.39, 0.29) is 0 Å². The lowest BCUT2D eigenvalue weighted by molar-refractivity contribution is 0.0504. The molecule has 0 amide bonds. The van der Waals surface area contributed by atoms with Crippen molar-refractivity contribution in [1.82, 2.24) is 9.80 Å². The molecule has 106 valence electrons. The van der Waals surface area contributed by atoms with E-state index < -0.39 is 6.10 Å². The molecule has 1 fully saturated rings. The number of likely N-dealkylation sites (N-methyl/N-ethyl adjacent to an activating group) is 1. The van der Waals surface area contributed by atoms with Gasteiger partial charge in [0.05, 0.1) is 0 Å². The Bertz CT molecular complexity index is 389. The Balaban J connectivity index is 1.71. The number of aryl methyl sites for hydroxylation is 1. The average Bonchev–Trinajstić information content (AvgIpc) is 2.39. The Hall–Kier alpha value is -1.10. The predicted octanol–water partition coefficient (Wildman–Crippen LogP) is 0.982. The van der Waals surface area contributed by atoms with Crippen LogP contribution in [0, 0.1) is 6.92 Å². The van der Waals surface area contributed by atoms with Gasteiger partial charge in [-0.25, -0.2) is 0 Å². The number of nitrogens with zero attached hydrogens (tertiary/aromatic N) is 2. The van der Waals surface area contributed by atoms with Gasteiger partial charge in [-0.2, -0.15) is 0 Å². The van der Waals surface area contributed by atoms with E-state index in [1.807, 2.05) is 31.2 Å². The van der Waals surface area contributed by atoms with Crippen LogP contribution in [0.3, 0.4) is 0 Å². The lowest BCUT2D eigenvalue weighted by atomic mass is 10.2. The smallest absolute Gasteiger partial charge is 0.119 e. The van der Waals surface area contributed by atoms with Crippen molar-refractivity contribution in [3.8, 4) is 5.75 Å². The van der Waals surface area contributed by atoms with Crippen LogP contribution in [-0.2, 0) is 0 Å². The Labute approximate surface area is 115 Å². The fourth-order valence-electron chi connectivity index (χ4n) is 2.28. The van der Waals surface area contributed by atoms with Gasteiger partial charge in [0, 0.05) is 32.7 Å². The van der Waals surface area contributed by atoms with E-state index in [4.69, 9.17) is 4.74 Å². The number of hydrogen-bond acceptors (Lipinski definition) is 4. The summed E-state index contributed by atoms with van der Waals surface area (Å²) in [5, 5.41) is 10.0. The molecule has 0 aromatic heterocycles. The molecular weight excluding hydrogens is 240 g/mol. The molecule has 1 aliphatic heterocycles. The molecule has 0 saturated carbocycles. The monoisotopic (exact) mass is 264 g/mol. The SMILES string of the molecule is Cc1cccc(OC[C@@H](O)CN2CCN(C)CC2)c1. The van der Waals surface area contributed by atoms with Crippen LogP contribution in [-0.4, -0.2) is 67.4 Å². The van der Waals surface area contributed by atoms with Crippen molar-refractivity contribution in [3.63, 3.8) is 0 Å². The molecule has 0 bridgehead atoms. The minimum absolute atomic E-state index is 0.357. The zero-order chi connectivity index (χ0) is 13.7. The van der Waals surface area contributed by atoms with E-state index in [9.17, 15) is 5.11 Å². The molecule has 1 aliphatic rings. The van der Waals surface area contributed by atoms with Crippen molar-refractivity contribution in [1.29, 1.82) is 0 Å². The largest absolute Gasteiger partial charge is 0.491 e. The summed E-state index contributed by atoms with van der Waals surface area (Å²) in [6.07, 6.45) is -0.427. The average molecular weight is 264 g/mol. The standard InChI is InChI=1S/C15H24N2O2/c1-13-4-3-5-15(10-13)19-12-14(18)11-17-8-6-16(2)7-9-17/h3-5,10,14,18H,6-9,11-12H2,1-2H3/t14-/m0/s1. The first-order valence-corrected chi connectivity index (χ1v) is 6.92. The van der Waals surface area contributed by atoms with Crippen molar-refractivity contribution >= 4 is 0 Å². The van der Waals surface area contributed by atoms with Gasteiger partial charge in [-0.1, -0.05) is 12.1 Å². The zero-order valence-corrected chi connectivity index (χ0v) is 11.9. The van der Waals surface area contributed by atoms with Crippen molar-refractivity contribution in [3.05, 3.63) is 29.8 Å². The molecule has 1 saturated heterocycles. The maximum absolute atomic E-state index is 10.0. The molecule has 1 aromatic rings. The number of benzene rings is 1. The van der Waals surface area contributed by atoms with Crippen LogP contribution in [0.5, 0.6) is 5.75 Å². The molecule has 1 heterocycles. The third-order valence-corrected chi connectivity index (χ3v) is 3.50. The molecule has 0 aliphatic carbocycles. The van der Waals surface area contributed by atoms with Gasteiger partial charge in [-0.05, 0) is 31.7 Å². The molecule has 19 heavy (non-hydrogen) atoms.